The Morgan fingerprint density at radius 1 is 1.25 bits per heavy atom. The summed E-state index contributed by atoms with van der Waals surface area (Å²) < 4.78 is 5.58. The largest absolute Gasteiger partial charge is 0.492 e. The van der Waals surface area contributed by atoms with Crippen LogP contribution in [0.15, 0.2) is 29.6 Å². The van der Waals surface area contributed by atoms with Crippen LogP contribution in [0.5, 0.6) is 5.75 Å². The standard InChI is InChI=1S/C14H15Cl2NOS.ClH/c1-2-18-14-10(6-11(15)7-13(14)16)8-17-9-12-4-3-5-19-12;/h3-7,17H,2,8-9H2,1H3;1H. The third kappa shape index (κ3) is 4.83. The van der Waals surface area contributed by atoms with Crippen LogP contribution in [0.4, 0.5) is 0 Å². The van der Waals surface area contributed by atoms with Crippen LogP contribution in [0, 0.1) is 0 Å². The van der Waals surface area contributed by atoms with Crippen molar-refractivity contribution in [2.75, 3.05) is 6.61 Å². The van der Waals surface area contributed by atoms with Gasteiger partial charge in [0.15, 0.2) is 0 Å². The zero-order chi connectivity index (χ0) is 13.7. The minimum absolute atomic E-state index is 0. The summed E-state index contributed by atoms with van der Waals surface area (Å²) in [5.41, 5.74) is 0.982. The number of benzene rings is 1. The molecule has 0 saturated carbocycles. The van der Waals surface area contributed by atoms with E-state index >= 15 is 0 Å². The molecule has 1 aromatic carbocycles. The summed E-state index contributed by atoms with van der Waals surface area (Å²) in [4.78, 5) is 1.30. The van der Waals surface area contributed by atoms with Gasteiger partial charge in [0.1, 0.15) is 5.75 Å². The molecular formula is C14H16Cl3NOS. The van der Waals surface area contributed by atoms with Gasteiger partial charge in [-0.3, -0.25) is 0 Å². The molecule has 0 bridgehead atoms. The van der Waals surface area contributed by atoms with Crippen LogP contribution in [0.25, 0.3) is 0 Å². The van der Waals surface area contributed by atoms with E-state index in [1.807, 2.05) is 19.1 Å². The van der Waals surface area contributed by atoms with Crippen molar-refractivity contribution in [2.24, 2.45) is 0 Å². The van der Waals surface area contributed by atoms with Gasteiger partial charge in [-0.15, -0.1) is 23.7 Å². The van der Waals surface area contributed by atoms with E-state index in [-0.39, 0.29) is 12.4 Å². The average Bonchev–Trinajstić information content (AvgIpc) is 2.86. The van der Waals surface area contributed by atoms with Crippen molar-refractivity contribution >= 4 is 46.9 Å². The summed E-state index contributed by atoms with van der Waals surface area (Å²) in [6.45, 7) is 4.02. The molecule has 110 valence electrons. The molecule has 0 saturated heterocycles. The van der Waals surface area contributed by atoms with Gasteiger partial charge >= 0.3 is 0 Å². The first kappa shape index (κ1) is 17.6. The Morgan fingerprint density at radius 3 is 2.70 bits per heavy atom. The Kier molecular flexibility index (Phi) is 7.70. The fraction of sp³-hybridized carbons (Fsp3) is 0.286. The maximum Gasteiger partial charge on any atom is 0.142 e. The minimum Gasteiger partial charge on any atom is -0.492 e. The fourth-order valence-corrected chi connectivity index (χ4v) is 3.05. The van der Waals surface area contributed by atoms with E-state index in [1.165, 1.54) is 4.88 Å². The molecule has 1 heterocycles. The monoisotopic (exact) mass is 351 g/mol. The molecule has 0 aliphatic rings. The third-order valence-electron chi connectivity index (χ3n) is 2.57. The van der Waals surface area contributed by atoms with Gasteiger partial charge < -0.3 is 10.1 Å². The van der Waals surface area contributed by atoms with Crippen molar-refractivity contribution in [1.29, 1.82) is 0 Å². The highest BCUT2D eigenvalue weighted by atomic mass is 35.5. The molecular weight excluding hydrogens is 337 g/mol. The molecule has 0 spiro atoms. The molecule has 6 heteroatoms. The SMILES string of the molecule is CCOc1c(Cl)cc(Cl)cc1CNCc1cccs1.Cl. The number of hydrogen-bond donors (Lipinski definition) is 1. The molecule has 2 aromatic rings. The number of hydrogen-bond acceptors (Lipinski definition) is 3. The zero-order valence-corrected chi connectivity index (χ0v) is 14.1. The molecule has 0 unspecified atom stereocenters. The van der Waals surface area contributed by atoms with Gasteiger partial charge in [0.05, 0.1) is 11.6 Å². The normalized spacial score (nSPS) is 10.2. The van der Waals surface area contributed by atoms with Crippen LogP contribution in [0.3, 0.4) is 0 Å². The molecule has 0 aliphatic heterocycles. The lowest BCUT2D eigenvalue weighted by Crippen LogP contribution is -2.13. The smallest absolute Gasteiger partial charge is 0.142 e. The van der Waals surface area contributed by atoms with Crippen molar-refractivity contribution < 1.29 is 4.74 Å². The van der Waals surface area contributed by atoms with Crippen LogP contribution in [0.1, 0.15) is 17.4 Å². The van der Waals surface area contributed by atoms with Gasteiger partial charge in [-0.05, 0) is 30.5 Å². The Morgan fingerprint density at radius 2 is 2.05 bits per heavy atom. The van der Waals surface area contributed by atoms with Crippen LogP contribution in [-0.4, -0.2) is 6.61 Å². The van der Waals surface area contributed by atoms with Gasteiger partial charge in [-0.1, -0.05) is 29.3 Å². The summed E-state index contributed by atoms with van der Waals surface area (Å²) in [7, 11) is 0. The Labute approximate surface area is 139 Å². The Bertz CT molecular complexity index is 531. The summed E-state index contributed by atoms with van der Waals surface area (Å²) in [6.07, 6.45) is 0. The molecule has 1 N–H and O–H groups in total. The molecule has 0 atom stereocenters. The maximum atomic E-state index is 6.16. The van der Waals surface area contributed by atoms with Gasteiger partial charge in [0.25, 0.3) is 0 Å². The number of thiophene rings is 1. The molecule has 20 heavy (non-hydrogen) atoms. The minimum atomic E-state index is 0. The van der Waals surface area contributed by atoms with Gasteiger partial charge in [-0.2, -0.15) is 0 Å². The highest BCUT2D eigenvalue weighted by Gasteiger charge is 2.10. The summed E-state index contributed by atoms with van der Waals surface area (Å²) in [5, 5.41) is 6.62. The van der Waals surface area contributed by atoms with E-state index in [4.69, 9.17) is 27.9 Å². The van der Waals surface area contributed by atoms with E-state index in [1.54, 1.807) is 17.4 Å². The van der Waals surface area contributed by atoms with Gasteiger partial charge in [-0.25, -0.2) is 0 Å². The van der Waals surface area contributed by atoms with Crippen LogP contribution in [-0.2, 0) is 13.1 Å². The molecule has 0 amide bonds. The van der Waals surface area contributed by atoms with E-state index in [9.17, 15) is 0 Å². The number of nitrogens with one attached hydrogen (secondary N) is 1. The van der Waals surface area contributed by atoms with Gasteiger partial charge in [0, 0.05) is 28.6 Å². The fourth-order valence-electron chi connectivity index (χ4n) is 1.78. The summed E-state index contributed by atoms with van der Waals surface area (Å²) >= 11 is 13.9. The van der Waals surface area contributed by atoms with Crippen LogP contribution < -0.4 is 10.1 Å². The van der Waals surface area contributed by atoms with Crippen molar-refractivity contribution in [3.8, 4) is 5.75 Å². The summed E-state index contributed by atoms with van der Waals surface area (Å²) in [6, 6.07) is 7.74. The second-order valence-electron chi connectivity index (χ2n) is 3.99. The quantitative estimate of drug-likeness (QED) is 0.775. The molecule has 0 radical (unpaired) electrons. The molecule has 2 nitrogen and oxygen atoms in total. The van der Waals surface area contributed by atoms with E-state index < -0.39 is 0 Å². The average molecular weight is 353 g/mol. The van der Waals surface area contributed by atoms with Crippen molar-refractivity contribution in [3.63, 3.8) is 0 Å². The Hall–Kier alpha value is -0.450. The van der Waals surface area contributed by atoms with Crippen molar-refractivity contribution in [3.05, 3.63) is 50.1 Å². The number of rotatable bonds is 6. The summed E-state index contributed by atoms with van der Waals surface area (Å²) in [5.74, 6) is 0.715. The van der Waals surface area contributed by atoms with E-state index in [2.05, 4.69) is 16.8 Å². The first-order valence-electron chi connectivity index (χ1n) is 6.04. The highest BCUT2D eigenvalue weighted by Crippen LogP contribution is 2.32. The Balaban J connectivity index is 0.00000200. The van der Waals surface area contributed by atoms with Gasteiger partial charge in [0.2, 0.25) is 0 Å². The number of halogens is 3. The van der Waals surface area contributed by atoms with Crippen LogP contribution >= 0.6 is 46.9 Å². The second-order valence-corrected chi connectivity index (χ2v) is 5.87. The van der Waals surface area contributed by atoms with E-state index in [0.29, 0.717) is 28.9 Å². The third-order valence-corrected chi connectivity index (χ3v) is 3.94. The van der Waals surface area contributed by atoms with Crippen molar-refractivity contribution in [1.82, 2.24) is 5.32 Å². The molecule has 2 rings (SSSR count). The maximum absolute atomic E-state index is 6.16. The van der Waals surface area contributed by atoms with Crippen molar-refractivity contribution in [2.45, 2.75) is 20.0 Å². The second kappa shape index (κ2) is 8.75. The predicted molar refractivity (Wildman–Crippen MR) is 89.7 cm³/mol. The molecule has 0 fully saturated rings. The lowest BCUT2D eigenvalue weighted by atomic mass is 10.2. The topological polar surface area (TPSA) is 21.3 Å². The molecule has 0 aliphatic carbocycles. The number of ether oxygens (including phenoxy) is 1. The lowest BCUT2D eigenvalue weighted by molar-refractivity contribution is 0.335. The highest BCUT2D eigenvalue weighted by molar-refractivity contribution is 7.09. The lowest BCUT2D eigenvalue weighted by Gasteiger charge is -2.13. The van der Waals surface area contributed by atoms with Crippen LogP contribution in [0.2, 0.25) is 10.0 Å². The van der Waals surface area contributed by atoms with E-state index in [0.717, 1.165) is 12.1 Å². The molecule has 1 aromatic heterocycles. The zero-order valence-electron chi connectivity index (χ0n) is 11.0. The first-order chi connectivity index (χ1) is 9.20. The first-order valence-corrected chi connectivity index (χ1v) is 7.68. The predicted octanol–water partition coefficient (Wildman–Crippen LogP) is 5.17.